The summed E-state index contributed by atoms with van der Waals surface area (Å²) in [6.07, 6.45) is 0.941. The summed E-state index contributed by atoms with van der Waals surface area (Å²) in [6, 6.07) is 17.0. The SMILES string of the molecule is CCc1ccc(C2NC(=O)N(c3ccc(Cl)c(C)c3)C(C)=C2c2nc(-c3cccs3)no2)cc1. The first-order valence-electron chi connectivity index (χ1n) is 11.0. The number of thiophene rings is 1. The average molecular weight is 491 g/mol. The van der Waals surface area contributed by atoms with Gasteiger partial charge in [-0.1, -0.05) is 54.0 Å². The number of nitrogens with zero attached hydrogens (tertiary/aromatic N) is 3. The number of carbonyl (C=O) groups is 1. The van der Waals surface area contributed by atoms with Crippen LogP contribution in [0.3, 0.4) is 0 Å². The summed E-state index contributed by atoms with van der Waals surface area (Å²) < 4.78 is 5.75. The largest absolute Gasteiger partial charge is 0.334 e. The lowest BCUT2D eigenvalue weighted by atomic mass is 9.93. The highest BCUT2D eigenvalue weighted by molar-refractivity contribution is 7.13. The third-order valence-electron chi connectivity index (χ3n) is 6.00. The van der Waals surface area contributed by atoms with Gasteiger partial charge in [0.1, 0.15) is 0 Å². The van der Waals surface area contributed by atoms with Crippen LogP contribution in [0.25, 0.3) is 16.3 Å². The van der Waals surface area contributed by atoms with Gasteiger partial charge in [0, 0.05) is 10.7 Å². The van der Waals surface area contributed by atoms with Gasteiger partial charge in [0.05, 0.1) is 22.2 Å². The Morgan fingerprint density at radius 2 is 1.94 bits per heavy atom. The Labute approximate surface area is 206 Å². The molecule has 1 atom stereocenters. The van der Waals surface area contributed by atoms with Crippen molar-refractivity contribution in [1.82, 2.24) is 15.5 Å². The van der Waals surface area contributed by atoms with Crippen molar-refractivity contribution in [2.24, 2.45) is 0 Å². The summed E-state index contributed by atoms with van der Waals surface area (Å²) in [5.41, 5.74) is 5.25. The quantitative estimate of drug-likeness (QED) is 0.326. The van der Waals surface area contributed by atoms with Gasteiger partial charge in [-0.2, -0.15) is 4.98 Å². The molecule has 0 spiro atoms. The monoisotopic (exact) mass is 490 g/mol. The smallest absolute Gasteiger partial charge is 0.326 e. The van der Waals surface area contributed by atoms with E-state index in [2.05, 4.69) is 29.5 Å². The number of hydrogen-bond acceptors (Lipinski definition) is 5. The maximum atomic E-state index is 13.4. The summed E-state index contributed by atoms with van der Waals surface area (Å²) in [4.78, 5) is 20.6. The van der Waals surface area contributed by atoms with Crippen molar-refractivity contribution in [3.63, 3.8) is 0 Å². The number of anilines is 1. The normalized spacial score (nSPS) is 16.2. The van der Waals surface area contributed by atoms with Gasteiger partial charge in [0.25, 0.3) is 5.89 Å². The predicted molar refractivity (Wildman–Crippen MR) is 136 cm³/mol. The van der Waals surface area contributed by atoms with Gasteiger partial charge in [-0.25, -0.2) is 4.79 Å². The lowest BCUT2D eigenvalue weighted by Gasteiger charge is -2.35. The molecule has 0 saturated heterocycles. The number of amides is 2. The third kappa shape index (κ3) is 4.02. The first kappa shape index (κ1) is 22.4. The highest BCUT2D eigenvalue weighted by Crippen LogP contribution is 2.40. The molecule has 1 aliphatic rings. The highest BCUT2D eigenvalue weighted by atomic mass is 35.5. The number of nitrogens with one attached hydrogen (secondary N) is 1. The van der Waals surface area contributed by atoms with Gasteiger partial charge in [0.15, 0.2) is 0 Å². The van der Waals surface area contributed by atoms with E-state index in [1.165, 1.54) is 5.56 Å². The van der Waals surface area contributed by atoms with Crippen molar-refractivity contribution in [1.29, 1.82) is 0 Å². The Morgan fingerprint density at radius 3 is 2.62 bits per heavy atom. The Balaban J connectivity index is 1.65. The summed E-state index contributed by atoms with van der Waals surface area (Å²) in [7, 11) is 0. The molecule has 2 aromatic heterocycles. The molecule has 172 valence electrons. The number of rotatable bonds is 5. The number of hydrogen-bond donors (Lipinski definition) is 1. The fourth-order valence-corrected chi connectivity index (χ4v) is 4.90. The molecule has 0 radical (unpaired) electrons. The van der Waals surface area contributed by atoms with Crippen LogP contribution in [0.1, 0.15) is 42.5 Å². The molecule has 0 fully saturated rings. The Morgan fingerprint density at radius 1 is 1.15 bits per heavy atom. The molecule has 5 rings (SSSR count). The minimum absolute atomic E-state index is 0.231. The standard InChI is InChI=1S/C26H23ClN4O2S/c1-4-17-7-9-18(10-8-17)23-22(25-29-24(30-33-25)21-6-5-13-34-21)16(3)31(26(32)28-23)19-11-12-20(27)15(2)14-19/h5-14,23H,4H2,1-3H3,(H,28,32). The molecular weight excluding hydrogens is 468 g/mol. The van der Waals surface area contributed by atoms with Crippen molar-refractivity contribution in [2.45, 2.75) is 33.2 Å². The zero-order valence-electron chi connectivity index (χ0n) is 19.0. The molecule has 2 aromatic carbocycles. The van der Waals surface area contributed by atoms with Crippen LogP contribution in [0.2, 0.25) is 5.02 Å². The molecule has 2 amide bonds. The molecule has 0 aliphatic carbocycles. The number of benzene rings is 2. The molecule has 4 aromatic rings. The number of aromatic nitrogens is 2. The van der Waals surface area contributed by atoms with Crippen molar-refractivity contribution in [3.8, 4) is 10.7 Å². The van der Waals surface area contributed by atoms with E-state index < -0.39 is 6.04 Å². The fourth-order valence-electron chi connectivity index (χ4n) is 4.13. The van der Waals surface area contributed by atoms with Gasteiger partial charge in [0.2, 0.25) is 5.82 Å². The Hall–Kier alpha value is -3.42. The zero-order valence-corrected chi connectivity index (χ0v) is 20.6. The van der Waals surface area contributed by atoms with Crippen LogP contribution in [-0.4, -0.2) is 16.2 Å². The van der Waals surface area contributed by atoms with E-state index in [9.17, 15) is 4.79 Å². The highest BCUT2D eigenvalue weighted by Gasteiger charge is 2.36. The van der Waals surface area contributed by atoms with Gasteiger partial charge >= 0.3 is 6.03 Å². The lowest BCUT2D eigenvalue weighted by Crippen LogP contribution is -2.46. The van der Waals surface area contributed by atoms with Crippen LogP contribution in [0, 0.1) is 6.92 Å². The Bertz CT molecular complexity index is 1380. The van der Waals surface area contributed by atoms with Crippen LogP contribution in [0.15, 0.2) is 70.2 Å². The molecule has 8 heteroatoms. The van der Waals surface area contributed by atoms with Gasteiger partial charge < -0.3 is 9.84 Å². The number of aryl methyl sites for hydroxylation is 2. The van der Waals surface area contributed by atoms with Crippen molar-refractivity contribution >= 4 is 40.2 Å². The molecule has 0 bridgehead atoms. The lowest BCUT2D eigenvalue weighted by molar-refractivity contribution is 0.244. The van der Waals surface area contributed by atoms with E-state index in [0.717, 1.165) is 33.7 Å². The summed E-state index contributed by atoms with van der Waals surface area (Å²) in [5.74, 6) is 0.900. The van der Waals surface area contributed by atoms with E-state index in [1.807, 2.05) is 55.6 Å². The second-order valence-electron chi connectivity index (χ2n) is 8.15. The zero-order chi connectivity index (χ0) is 23.8. The van der Waals surface area contributed by atoms with Crippen molar-refractivity contribution < 1.29 is 9.32 Å². The molecule has 1 aliphatic heterocycles. The maximum absolute atomic E-state index is 13.4. The van der Waals surface area contributed by atoms with Crippen LogP contribution >= 0.6 is 22.9 Å². The van der Waals surface area contributed by atoms with E-state index in [-0.39, 0.29) is 6.03 Å². The molecule has 6 nitrogen and oxygen atoms in total. The Kier molecular flexibility index (Phi) is 5.98. The van der Waals surface area contributed by atoms with Crippen LogP contribution in [0.4, 0.5) is 10.5 Å². The van der Waals surface area contributed by atoms with E-state index in [4.69, 9.17) is 21.1 Å². The predicted octanol–water partition coefficient (Wildman–Crippen LogP) is 7.02. The van der Waals surface area contributed by atoms with E-state index in [1.54, 1.807) is 22.3 Å². The van der Waals surface area contributed by atoms with Crippen LogP contribution < -0.4 is 10.2 Å². The van der Waals surface area contributed by atoms with Gasteiger partial charge in [-0.15, -0.1) is 11.3 Å². The average Bonchev–Trinajstić information content (AvgIpc) is 3.53. The van der Waals surface area contributed by atoms with Gasteiger partial charge in [-0.3, -0.25) is 4.90 Å². The molecule has 1 unspecified atom stereocenters. The third-order valence-corrected chi connectivity index (χ3v) is 7.29. The second-order valence-corrected chi connectivity index (χ2v) is 9.50. The van der Waals surface area contributed by atoms with E-state index >= 15 is 0 Å². The van der Waals surface area contributed by atoms with Crippen molar-refractivity contribution in [3.05, 3.63) is 93.3 Å². The minimum atomic E-state index is -0.431. The molecule has 3 heterocycles. The minimum Gasteiger partial charge on any atom is -0.334 e. The van der Waals surface area contributed by atoms with Crippen LogP contribution in [0.5, 0.6) is 0 Å². The molecular formula is C26H23ClN4O2S. The van der Waals surface area contributed by atoms with E-state index in [0.29, 0.717) is 22.4 Å². The molecule has 0 saturated carbocycles. The fraction of sp³-hybridized carbons (Fsp3) is 0.192. The second kappa shape index (κ2) is 9.08. The van der Waals surface area contributed by atoms with Crippen molar-refractivity contribution in [2.75, 3.05) is 4.90 Å². The number of allylic oxidation sites excluding steroid dienone is 1. The number of halogens is 1. The summed E-state index contributed by atoms with van der Waals surface area (Å²) in [6.45, 7) is 5.93. The summed E-state index contributed by atoms with van der Waals surface area (Å²) in [5, 5.41) is 9.97. The first-order chi connectivity index (χ1) is 16.5. The topological polar surface area (TPSA) is 71.3 Å². The molecule has 1 N–H and O–H groups in total. The summed E-state index contributed by atoms with van der Waals surface area (Å²) >= 11 is 7.78. The number of urea groups is 1. The molecule has 34 heavy (non-hydrogen) atoms. The van der Waals surface area contributed by atoms with Gasteiger partial charge in [-0.05, 0) is 66.6 Å². The van der Waals surface area contributed by atoms with Crippen LogP contribution in [-0.2, 0) is 6.42 Å². The maximum Gasteiger partial charge on any atom is 0.326 e. The first-order valence-corrected chi connectivity index (χ1v) is 12.3. The number of carbonyl (C=O) groups excluding carboxylic acids is 1.